The number of phenols is 1. The molecule has 3 nitrogen and oxygen atoms in total. The molecule has 0 bridgehead atoms. The molecule has 170 valence electrons. The van der Waals surface area contributed by atoms with Gasteiger partial charge in [-0.15, -0.1) is 0 Å². The van der Waals surface area contributed by atoms with Crippen molar-refractivity contribution in [3.05, 3.63) is 46.6 Å². The Hall–Kier alpha value is -2.16. The Kier molecular flexibility index (Phi) is 6.28. The normalized spacial score (nSPS) is 15.6. The third-order valence-corrected chi connectivity index (χ3v) is 5.52. The lowest BCUT2D eigenvalue weighted by atomic mass is 9.65. The van der Waals surface area contributed by atoms with Crippen LogP contribution >= 0.6 is 0 Å². The topological polar surface area (TPSA) is 49.7 Å². The minimum atomic E-state index is -0.272. The second-order valence-electron chi connectivity index (χ2n) is 12.8. The second-order valence-corrected chi connectivity index (χ2v) is 12.8. The van der Waals surface area contributed by atoms with Gasteiger partial charge in [-0.2, -0.15) is 0 Å². The van der Waals surface area contributed by atoms with Crippen molar-refractivity contribution in [1.29, 1.82) is 0 Å². The van der Waals surface area contributed by atoms with Gasteiger partial charge in [0.2, 0.25) is 0 Å². The number of hydrogen-bond donors (Lipinski definition) is 1. The Bertz CT molecular complexity index is 905. The highest BCUT2D eigenvalue weighted by molar-refractivity contribution is 6.17. The molecule has 0 amide bonds. The summed E-state index contributed by atoms with van der Waals surface area (Å²) in [5.74, 6) is 0.367. The SMILES string of the molecule is CC(C)(C)c1c(O)c(C(C)(C)C)c(C(C)(C)C)c(N=C2C=CC(=O)C=C2)c1C(C)(C)C. The number of carbonyl (C=O) groups excluding carboxylic acids is 1. The van der Waals surface area contributed by atoms with E-state index in [0.717, 1.165) is 33.7 Å². The number of ketones is 1. The van der Waals surface area contributed by atoms with Crippen molar-refractivity contribution >= 4 is 17.2 Å². The van der Waals surface area contributed by atoms with E-state index in [9.17, 15) is 9.90 Å². The summed E-state index contributed by atoms with van der Waals surface area (Å²) in [5.41, 5.74) is 4.70. The molecule has 1 N–H and O–H groups in total. The maximum atomic E-state index is 11.8. The molecule has 0 aromatic heterocycles. The van der Waals surface area contributed by atoms with Crippen LogP contribution in [0.2, 0.25) is 0 Å². The van der Waals surface area contributed by atoms with Gasteiger partial charge in [-0.25, -0.2) is 4.99 Å². The first-order valence-corrected chi connectivity index (χ1v) is 11.2. The van der Waals surface area contributed by atoms with Crippen LogP contribution in [0.1, 0.15) is 105 Å². The number of phenolic OH excluding ortho intramolecular Hbond substituents is 1. The van der Waals surface area contributed by atoms with Gasteiger partial charge < -0.3 is 5.11 Å². The van der Waals surface area contributed by atoms with Crippen LogP contribution in [0, 0.1) is 0 Å². The summed E-state index contributed by atoms with van der Waals surface area (Å²) in [6.07, 6.45) is 6.67. The highest BCUT2D eigenvalue weighted by Gasteiger charge is 2.40. The van der Waals surface area contributed by atoms with E-state index in [2.05, 4.69) is 83.1 Å². The van der Waals surface area contributed by atoms with E-state index in [0.29, 0.717) is 5.75 Å². The third-order valence-electron chi connectivity index (χ3n) is 5.52. The van der Waals surface area contributed by atoms with E-state index in [-0.39, 0.29) is 27.4 Å². The van der Waals surface area contributed by atoms with Gasteiger partial charge in [-0.3, -0.25) is 4.79 Å². The first-order chi connectivity index (χ1) is 13.8. The molecule has 0 aliphatic heterocycles. The molecular weight excluding hydrogens is 382 g/mol. The van der Waals surface area contributed by atoms with Gasteiger partial charge in [-0.1, -0.05) is 83.1 Å². The summed E-state index contributed by atoms with van der Waals surface area (Å²) in [6, 6.07) is 0. The summed E-state index contributed by atoms with van der Waals surface area (Å²) in [6.45, 7) is 26.0. The molecule has 0 saturated carbocycles. The molecular formula is C28H41NO2. The van der Waals surface area contributed by atoms with E-state index >= 15 is 0 Å². The van der Waals surface area contributed by atoms with Crippen molar-refractivity contribution in [3.8, 4) is 5.75 Å². The molecule has 1 aliphatic carbocycles. The molecule has 2 rings (SSSR count). The number of aliphatic imine (C=N–C) groups is 1. The average Bonchev–Trinajstić information content (AvgIpc) is 2.53. The van der Waals surface area contributed by atoms with Crippen molar-refractivity contribution in [2.45, 2.75) is 105 Å². The Labute approximate surface area is 189 Å². The van der Waals surface area contributed by atoms with Crippen molar-refractivity contribution in [3.63, 3.8) is 0 Å². The van der Waals surface area contributed by atoms with Gasteiger partial charge in [0.05, 0.1) is 11.4 Å². The van der Waals surface area contributed by atoms with Gasteiger partial charge in [0.1, 0.15) is 5.75 Å². The van der Waals surface area contributed by atoms with E-state index in [1.165, 1.54) is 0 Å². The lowest BCUT2D eigenvalue weighted by Gasteiger charge is -2.40. The predicted octanol–water partition coefficient (Wildman–Crippen LogP) is 7.35. The van der Waals surface area contributed by atoms with Gasteiger partial charge in [-0.05, 0) is 57.1 Å². The Morgan fingerprint density at radius 3 is 1.19 bits per heavy atom. The fraction of sp³-hybridized carbons (Fsp3) is 0.571. The van der Waals surface area contributed by atoms with Crippen molar-refractivity contribution < 1.29 is 9.90 Å². The number of hydrogen-bond acceptors (Lipinski definition) is 3. The van der Waals surface area contributed by atoms with Crippen LogP contribution in [-0.4, -0.2) is 16.6 Å². The lowest BCUT2D eigenvalue weighted by Crippen LogP contribution is -2.29. The fourth-order valence-electron chi connectivity index (χ4n) is 4.41. The summed E-state index contributed by atoms with van der Waals surface area (Å²) in [4.78, 5) is 16.8. The van der Waals surface area contributed by atoms with Crippen LogP contribution < -0.4 is 0 Å². The highest BCUT2D eigenvalue weighted by atomic mass is 16.3. The smallest absolute Gasteiger partial charge is 0.178 e. The summed E-state index contributed by atoms with van der Waals surface area (Å²) in [5, 5.41) is 11.8. The number of carbonyl (C=O) groups is 1. The third kappa shape index (κ3) is 5.19. The Balaban J connectivity index is 3.25. The average molecular weight is 424 g/mol. The molecule has 0 fully saturated rings. The lowest BCUT2D eigenvalue weighted by molar-refractivity contribution is -0.110. The Morgan fingerprint density at radius 2 is 0.903 bits per heavy atom. The van der Waals surface area contributed by atoms with Crippen LogP contribution in [0.25, 0.3) is 0 Å². The van der Waals surface area contributed by atoms with Crippen LogP contribution in [0.3, 0.4) is 0 Å². The zero-order valence-electron chi connectivity index (χ0n) is 21.6. The quantitative estimate of drug-likeness (QED) is 0.480. The zero-order chi connectivity index (χ0) is 24.2. The van der Waals surface area contributed by atoms with E-state index in [4.69, 9.17) is 4.99 Å². The van der Waals surface area contributed by atoms with Crippen LogP contribution in [0.5, 0.6) is 5.75 Å². The molecule has 0 atom stereocenters. The molecule has 31 heavy (non-hydrogen) atoms. The van der Waals surface area contributed by atoms with Gasteiger partial charge >= 0.3 is 0 Å². The summed E-state index contributed by atoms with van der Waals surface area (Å²) >= 11 is 0. The van der Waals surface area contributed by atoms with Crippen LogP contribution in [0.15, 0.2) is 29.3 Å². The monoisotopic (exact) mass is 423 g/mol. The molecule has 0 radical (unpaired) electrons. The Morgan fingerprint density at radius 1 is 0.581 bits per heavy atom. The van der Waals surface area contributed by atoms with Gasteiger partial charge in [0.25, 0.3) is 0 Å². The second kappa shape index (κ2) is 7.76. The molecule has 0 unspecified atom stereocenters. The number of nitrogens with zero attached hydrogens (tertiary/aromatic N) is 1. The van der Waals surface area contributed by atoms with Crippen LogP contribution in [-0.2, 0) is 26.5 Å². The molecule has 1 aliphatic rings. The van der Waals surface area contributed by atoms with Gasteiger partial charge in [0.15, 0.2) is 5.78 Å². The summed E-state index contributed by atoms with van der Waals surface area (Å²) in [7, 11) is 0. The fourth-order valence-corrected chi connectivity index (χ4v) is 4.41. The number of aromatic hydroxyl groups is 1. The standard InChI is InChI=1S/C28H41NO2/c1-25(2,3)19-21(27(7,8)9)24(31)22(28(10,11)12)20(26(4,5)6)23(19)29-17-13-15-18(30)16-14-17/h13-16,31H,1-12H3. The van der Waals surface area contributed by atoms with E-state index in [1.807, 2.05) is 0 Å². The van der Waals surface area contributed by atoms with Gasteiger partial charge in [0, 0.05) is 11.1 Å². The highest BCUT2D eigenvalue weighted by Crippen LogP contribution is 2.54. The molecule has 0 spiro atoms. The van der Waals surface area contributed by atoms with E-state index < -0.39 is 0 Å². The number of rotatable bonds is 1. The number of benzene rings is 1. The van der Waals surface area contributed by atoms with Crippen LogP contribution in [0.4, 0.5) is 5.69 Å². The predicted molar refractivity (Wildman–Crippen MR) is 133 cm³/mol. The largest absolute Gasteiger partial charge is 0.507 e. The molecule has 0 heterocycles. The van der Waals surface area contributed by atoms with Crippen molar-refractivity contribution in [2.24, 2.45) is 4.99 Å². The minimum Gasteiger partial charge on any atom is -0.507 e. The number of allylic oxidation sites excluding steroid dienone is 4. The first-order valence-electron chi connectivity index (χ1n) is 11.2. The molecule has 1 aromatic rings. The van der Waals surface area contributed by atoms with E-state index in [1.54, 1.807) is 24.3 Å². The minimum absolute atomic E-state index is 0.0255. The molecule has 0 saturated heterocycles. The maximum Gasteiger partial charge on any atom is 0.178 e. The zero-order valence-corrected chi connectivity index (χ0v) is 21.6. The maximum absolute atomic E-state index is 11.8. The van der Waals surface area contributed by atoms with Crippen molar-refractivity contribution in [1.82, 2.24) is 0 Å². The molecule has 1 aromatic carbocycles. The molecule has 3 heteroatoms. The summed E-state index contributed by atoms with van der Waals surface area (Å²) < 4.78 is 0. The first kappa shape index (κ1) is 25.1. The van der Waals surface area contributed by atoms with Crippen molar-refractivity contribution in [2.75, 3.05) is 0 Å².